The minimum Gasteiger partial charge on any atom is -0.480 e. The predicted octanol–water partition coefficient (Wildman–Crippen LogP) is 2.99. The van der Waals surface area contributed by atoms with Crippen molar-refractivity contribution in [3.05, 3.63) is 21.9 Å². The van der Waals surface area contributed by atoms with Gasteiger partial charge < -0.3 is 5.11 Å². The Bertz CT molecular complexity index is 475. The minimum absolute atomic E-state index is 0.473. The van der Waals surface area contributed by atoms with E-state index in [-0.39, 0.29) is 0 Å². The SMILES string of the molecule is CCCN1CCN(C(C(=O)O)c2sccc2C)CC1CC. The molecule has 0 aliphatic carbocycles. The monoisotopic (exact) mass is 310 g/mol. The van der Waals surface area contributed by atoms with E-state index in [1.54, 1.807) is 11.3 Å². The summed E-state index contributed by atoms with van der Waals surface area (Å²) in [7, 11) is 0. The van der Waals surface area contributed by atoms with Gasteiger partial charge in [-0.05, 0) is 43.3 Å². The second-order valence-electron chi connectivity index (χ2n) is 5.80. The number of nitrogens with zero attached hydrogens (tertiary/aromatic N) is 2. The average molecular weight is 310 g/mol. The molecule has 0 aromatic carbocycles. The van der Waals surface area contributed by atoms with E-state index in [0.29, 0.717) is 6.04 Å². The third-order valence-corrected chi connectivity index (χ3v) is 5.44. The van der Waals surface area contributed by atoms with Crippen LogP contribution in [0.15, 0.2) is 11.4 Å². The third-order valence-electron chi connectivity index (χ3n) is 4.37. The van der Waals surface area contributed by atoms with Gasteiger partial charge in [0.15, 0.2) is 0 Å². The summed E-state index contributed by atoms with van der Waals surface area (Å²) in [6.45, 7) is 10.2. The number of carboxylic acid groups (broad SMARTS) is 1. The molecule has 2 atom stereocenters. The van der Waals surface area contributed by atoms with Crippen molar-refractivity contribution in [3.8, 4) is 0 Å². The van der Waals surface area contributed by atoms with E-state index >= 15 is 0 Å². The molecule has 4 nitrogen and oxygen atoms in total. The summed E-state index contributed by atoms with van der Waals surface area (Å²) in [6.07, 6.45) is 2.23. The Morgan fingerprint density at radius 2 is 2.24 bits per heavy atom. The third kappa shape index (κ3) is 3.65. The van der Waals surface area contributed by atoms with Crippen LogP contribution in [0.25, 0.3) is 0 Å². The lowest BCUT2D eigenvalue weighted by Gasteiger charge is -2.43. The highest BCUT2D eigenvalue weighted by molar-refractivity contribution is 7.10. The van der Waals surface area contributed by atoms with Crippen molar-refractivity contribution in [1.29, 1.82) is 0 Å². The number of hydrogen-bond donors (Lipinski definition) is 1. The Balaban J connectivity index is 2.16. The maximum absolute atomic E-state index is 11.8. The number of piperazine rings is 1. The molecule has 1 aromatic heterocycles. The molecule has 5 heteroatoms. The molecular weight excluding hydrogens is 284 g/mol. The minimum atomic E-state index is -0.723. The number of thiophene rings is 1. The molecule has 1 aliphatic rings. The molecule has 0 bridgehead atoms. The number of carbonyl (C=O) groups is 1. The largest absolute Gasteiger partial charge is 0.480 e. The van der Waals surface area contributed by atoms with Crippen LogP contribution >= 0.6 is 11.3 Å². The highest BCUT2D eigenvalue weighted by Crippen LogP contribution is 2.31. The van der Waals surface area contributed by atoms with Crippen LogP contribution in [0.1, 0.15) is 43.2 Å². The lowest BCUT2D eigenvalue weighted by Crippen LogP contribution is -2.54. The lowest BCUT2D eigenvalue weighted by molar-refractivity contribution is -0.144. The van der Waals surface area contributed by atoms with Crippen molar-refractivity contribution in [2.24, 2.45) is 0 Å². The molecule has 1 fully saturated rings. The lowest BCUT2D eigenvalue weighted by atomic mass is 10.0. The van der Waals surface area contributed by atoms with Crippen LogP contribution in [0.3, 0.4) is 0 Å². The molecule has 1 aromatic rings. The van der Waals surface area contributed by atoms with Crippen molar-refractivity contribution in [3.63, 3.8) is 0 Å². The van der Waals surface area contributed by atoms with Gasteiger partial charge in [-0.2, -0.15) is 0 Å². The first-order valence-corrected chi connectivity index (χ1v) is 8.71. The number of rotatable bonds is 6. The fraction of sp³-hybridized carbons (Fsp3) is 0.688. The van der Waals surface area contributed by atoms with Gasteiger partial charge in [0.05, 0.1) is 0 Å². The van der Waals surface area contributed by atoms with Gasteiger partial charge in [0.25, 0.3) is 0 Å². The summed E-state index contributed by atoms with van der Waals surface area (Å²) >= 11 is 1.56. The topological polar surface area (TPSA) is 43.8 Å². The smallest absolute Gasteiger partial charge is 0.326 e. The molecule has 1 saturated heterocycles. The van der Waals surface area contributed by atoms with Gasteiger partial charge in [0, 0.05) is 30.6 Å². The fourth-order valence-corrected chi connectivity index (χ4v) is 4.27. The Labute approximate surface area is 131 Å². The molecule has 0 amide bonds. The predicted molar refractivity (Wildman–Crippen MR) is 86.9 cm³/mol. The molecule has 1 aliphatic heterocycles. The van der Waals surface area contributed by atoms with Crippen LogP contribution in [0.2, 0.25) is 0 Å². The van der Waals surface area contributed by atoms with Crippen molar-refractivity contribution in [1.82, 2.24) is 9.80 Å². The molecule has 2 rings (SSSR count). The normalized spacial score (nSPS) is 22.3. The summed E-state index contributed by atoms with van der Waals surface area (Å²) in [5, 5.41) is 11.7. The van der Waals surface area contributed by atoms with E-state index in [1.165, 1.54) is 0 Å². The van der Waals surface area contributed by atoms with Crippen molar-refractivity contribution in [2.45, 2.75) is 45.7 Å². The first-order chi connectivity index (χ1) is 10.1. The molecule has 0 saturated carbocycles. The van der Waals surface area contributed by atoms with E-state index in [1.807, 2.05) is 18.4 Å². The highest BCUT2D eigenvalue weighted by Gasteiger charge is 2.35. The number of hydrogen-bond acceptors (Lipinski definition) is 4. The van der Waals surface area contributed by atoms with Crippen molar-refractivity contribution in [2.75, 3.05) is 26.2 Å². The molecule has 0 radical (unpaired) electrons. The van der Waals surface area contributed by atoms with E-state index in [0.717, 1.165) is 49.5 Å². The van der Waals surface area contributed by atoms with Crippen LogP contribution in [-0.2, 0) is 4.79 Å². The zero-order valence-electron chi connectivity index (χ0n) is 13.2. The van der Waals surface area contributed by atoms with Gasteiger partial charge in [0.1, 0.15) is 6.04 Å². The second-order valence-corrected chi connectivity index (χ2v) is 6.75. The average Bonchev–Trinajstić information content (AvgIpc) is 2.86. The maximum atomic E-state index is 11.8. The van der Waals surface area contributed by atoms with Gasteiger partial charge in [0.2, 0.25) is 0 Å². The fourth-order valence-electron chi connectivity index (χ4n) is 3.22. The molecule has 118 valence electrons. The Kier molecular flexibility index (Phi) is 5.79. The van der Waals surface area contributed by atoms with Crippen LogP contribution in [0, 0.1) is 6.92 Å². The second kappa shape index (κ2) is 7.38. The van der Waals surface area contributed by atoms with E-state index in [2.05, 4.69) is 23.6 Å². The van der Waals surface area contributed by atoms with Crippen molar-refractivity contribution < 1.29 is 9.90 Å². The standard InChI is InChI=1S/C16H26N2O2S/c1-4-7-17-8-9-18(11-13(17)5-2)14(16(19)20)15-12(3)6-10-21-15/h6,10,13-14H,4-5,7-9,11H2,1-3H3,(H,19,20). The first kappa shape index (κ1) is 16.5. The van der Waals surface area contributed by atoms with Crippen LogP contribution < -0.4 is 0 Å². The summed E-state index contributed by atoms with van der Waals surface area (Å²) in [5.41, 5.74) is 1.09. The van der Waals surface area contributed by atoms with Crippen LogP contribution in [0.5, 0.6) is 0 Å². The summed E-state index contributed by atoms with van der Waals surface area (Å²) in [4.78, 5) is 17.5. The summed E-state index contributed by atoms with van der Waals surface area (Å²) in [5.74, 6) is -0.723. The van der Waals surface area contributed by atoms with Crippen LogP contribution in [0.4, 0.5) is 0 Å². The molecule has 1 N–H and O–H groups in total. The molecule has 2 unspecified atom stereocenters. The van der Waals surface area contributed by atoms with Crippen LogP contribution in [-0.4, -0.2) is 53.1 Å². The van der Waals surface area contributed by atoms with Gasteiger partial charge in [-0.3, -0.25) is 14.6 Å². The zero-order valence-corrected chi connectivity index (χ0v) is 14.0. The van der Waals surface area contributed by atoms with Gasteiger partial charge in [-0.15, -0.1) is 11.3 Å². The molecule has 2 heterocycles. The molecular formula is C16H26N2O2S. The Morgan fingerprint density at radius 3 is 2.76 bits per heavy atom. The Morgan fingerprint density at radius 1 is 1.48 bits per heavy atom. The number of aryl methyl sites for hydroxylation is 1. The molecule has 21 heavy (non-hydrogen) atoms. The number of carboxylic acids is 1. The van der Waals surface area contributed by atoms with Gasteiger partial charge >= 0.3 is 5.97 Å². The van der Waals surface area contributed by atoms with E-state index in [9.17, 15) is 9.90 Å². The number of aliphatic carboxylic acids is 1. The first-order valence-electron chi connectivity index (χ1n) is 7.83. The summed E-state index contributed by atoms with van der Waals surface area (Å²) < 4.78 is 0. The van der Waals surface area contributed by atoms with Crippen molar-refractivity contribution >= 4 is 17.3 Å². The van der Waals surface area contributed by atoms with Gasteiger partial charge in [-0.25, -0.2) is 0 Å². The quantitative estimate of drug-likeness (QED) is 0.877. The highest BCUT2D eigenvalue weighted by atomic mass is 32.1. The summed E-state index contributed by atoms with van der Waals surface area (Å²) in [6, 6.07) is 2.00. The zero-order chi connectivity index (χ0) is 15.4. The van der Waals surface area contributed by atoms with E-state index in [4.69, 9.17) is 0 Å². The molecule has 0 spiro atoms. The Hall–Kier alpha value is -0.910. The maximum Gasteiger partial charge on any atom is 0.326 e. The van der Waals surface area contributed by atoms with E-state index < -0.39 is 12.0 Å². The van der Waals surface area contributed by atoms with Gasteiger partial charge in [-0.1, -0.05) is 13.8 Å².